The van der Waals surface area contributed by atoms with Gasteiger partial charge in [0, 0.05) is 45.3 Å². The largest absolute Gasteiger partial charge is 0.356 e. The standard InChI is InChI=1S/C17H27N5O/c1-13-4-6-21(7-5-13)16-12-15(18-14(2)19-16)17(23)22-10-8-20(3)9-11-22/h12-13H,4-11H2,1-3H3. The molecule has 3 heterocycles. The second kappa shape index (κ2) is 6.83. The molecule has 1 amide bonds. The molecule has 6 heteroatoms. The molecule has 2 fully saturated rings. The van der Waals surface area contributed by atoms with Gasteiger partial charge in [0.1, 0.15) is 17.3 Å². The maximum Gasteiger partial charge on any atom is 0.272 e. The monoisotopic (exact) mass is 317 g/mol. The Morgan fingerprint density at radius 2 is 1.74 bits per heavy atom. The average molecular weight is 317 g/mol. The molecular formula is C17H27N5O. The maximum atomic E-state index is 12.7. The van der Waals surface area contributed by atoms with E-state index >= 15 is 0 Å². The highest BCUT2D eigenvalue weighted by Crippen LogP contribution is 2.22. The van der Waals surface area contributed by atoms with Gasteiger partial charge in [0.25, 0.3) is 5.91 Å². The Labute approximate surface area is 138 Å². The van der Waals surface area contributed by atoms with Crippen LogP contribution >= 0.6 is 0 Å². The second-order valence-electron chi connectivity index (χ2n) is 6.92. The average Bonchev–Trinajstić information content (AvgIpc) is 2.55. The first-order valence-electron chi connectivity index (χ1n) is 8.61. The van der Waals surface area contributed by atoms with E-state index in [4.69, 9.17) is 0 Å². The van der Waals surface area contributed by atoms with Crippen LogP contribution in [0.15, 0.2) is 6.07 Å². The molecule has 0 unspecified atom stereocenters. The van der Waals surface area contributed by atoms with Crippen molar-refractivity contribution in [2.75, 3.05) is 51.2 Å². The minimum atomic E-state index is 0.0372. The first-order chi connectivity index (χ1) is 11.0. The van der Waals surface area contributed by atoms with Crippen molar-refractivity contribution < 1.29 is 4.79 Å². The summed E-state index contributed by atoms with van der Waals surface area (Å²) in [6.07, 6.45) is 2.37. The molecule has 0 bridgehead atoms. The summed E-state index contributed by atoms with van der Waals surface area (Å²) in [5, 5.41) is 0. The molecule has 0 aliphatic carbocycles. The fourth-order valence-electron chi connectivity index (χ4n) is 3.23. The molecule has 126 valence electrons. The zero-order valence-corrected chi connectivity index (χ0v) is 14.5. The van der Waals surface area contributed by atoms with E-state index in [1.54, 1.807) is 0 Å². The van der Waals surface area contributed by atoms with Crippen LogP contribution in [-0.4, -0.2) is 72.0 Å². The normalized spacial score (nSPS) is 20.8. The first-order valence-corrected chi connectivity index (χ1v) is 8.61. The summed E-state index contributed by atoms with van der Waals surface area (Å²) >= 11 is 0. The number of rotatable bonds is 2. The van der Waals surface area contributed by atoms with Gasteiger partial charge in [-0.3, -0.25) is 4.79 Å². The van der Waals surface area contributed by atoms with Crippen molar-refractivity contribution in [2.24, 2.45) is 5.92 Å². The molecule has 23 heavy (non-hydrogen) atoms. The molecule has 1 aromatic rings. The van der Waals surface area contributed by atoms with Crippen molar-refractivity contribution in [1.29, 1.82) is 0 Å². The number of piperazine rings is 1. The molecule has 0 aromatic carbocycles. The lowest BCUT2D eigenvalue weighted by Crippen LogP contribution is -2.47. The van der Waals surface area contributed by atoms with Crippen LogP contribution in [-0.2, 0) is 0 Å². The van der Waals surface area contributed by atoms with Crippen molar-refractivity contribution in [3.8, 4) is 0 Å². The molecule has 6 nitrogen and oxygen atoms in total. The second-order valence-corrected chi connectivity index (χ2v) is 6.92. The topological polar surface area (TPSA) is 52.6 Å². The highest BCUT2D eigenvalue weighted by atomic mass is 16.2. The van der Waals surface area contributed by atoms with Crippen LogP contribution in [0.3, 0.4) is 0 Å². The van der Waals surface area contributed by atoms with Crippen LogP contribution in [0, 0.1) is 12.8 Å². The Hall–Kier alpha value is -1.69. The van der Waals surface area contributed by atoms with E-state index in [0.29, 0.717) is 11.5 Å². The van der Waals surface area contributed by atoms with Crippen molar-refractivity contribution in [1.82, 2.24) is 19.8 Å². The highest BCUT2D eigenvalue weighted by molar-refractivity contribution is 5.93. The molecule has 2 aliphatic rings. The van der Waals surface area contributed by atoms with E-state index in [1.165, 1.54) is 12.8 Å². The highest BCUT2D eigenvalue weighted by Gasteiger charge is 2.24. The van der Waals surface area contributed by atoms with Crippen LogP contribution in [0.1, 0.15) is 36.1 Å². The zero-order valence-electron chi connectivity index (χ0n) is 14.5. The minimum absolute atomic E-state index is 0.0372. The van der Waals surface area contributed by atoms with Gasteiger partial charge in [-0.25, -0.2) is 9.97 Å². The van der Waals surface area contributed by atoms with E-state index < -0.39 is 0 Å². The van der Waals surface area contributed by atoms with E-state index in [0.717, 1.165) is 51.0 Å². The van der Waals surface area contributed by atoms with Crippen molar-refractivity contribution in [3.05, 3.63) is 17.6 Å². The van der Waals surface area contributed by atoms with Crippen LogP contribution in [0.5, 0.6) is 0 Å². The molecule has 0 atom stereocenters. The van der Waals surface area contributed by atoms with E-state index in [-0.39, 0.29) is 5.91 Å². The summed E-state index contributed by atoms with van der Waals surface area (Å²) in [6.45, 7) is 9.59. The van der Waals surface area contributed by atoms with Crippen molar-refractivity contribution in [3.63, 3.8) is 0 Å². The molecular weight excluding hydrogens is 290 g/mol. The molecule has 0 saturated carbocycles. The van der Waals surface area contributed by atoms with Crippen molar-refractivity contribution in [2.45, 2.75) is 26.7 Å². The molecule has 3 rings (SSSR count). The van der Waals surface area contributed by atoms with Crippen LogP contribution < -0.4 is 4.90 Å². The quantitative estimate of drug-likeness (QED) is 0.825. The van der Waals surface area contributed by atoms with Gasteiger partial charge in [0.15, 0.2) is 0 Å². The number of amides is 1. The van der Waals surface area contributed by atoms with Crippen LogP contribution in [0.25, 0.3) is 0 Å². The molecule has 0 radical (unpaired) electrons. The third-order valence-corrected chi connectivity index (χ3v) is 4.94. The minimum Gasteiger partial charge on any atom is -0.356 e. The SMILES string of the molecule is Cc1nc(C(=O)N2CCN(C)CC2)cc(N2CCC(C)CC2)n1. The van der Waals surface area contributed by atoms with Gasteiger partial charge in [-0.2, -0.15) is 0 Å². The molecule has 2 aliphatic heterocycles. The summed E-state index contributed by atoms with van der Waals surface area (Å²) in [6, 6.07) is 1.88. The van der Waals surface area contributed by atoms with Gasteiger partial charge >= 0.3 is 0 Å². The number of likely N-dealkylation sites (N-methyl/N-ethyl adjacent to an activating group) is 1. The Morgan fingerprint density at radius 3 is 2.39 bits per heavy atom. The summed E-state index contributed by atoms with van der Waals surface area (Å²) < 4.78 is 0. The maximum absolute atomic E-state index is 12.7. The Bertz CT molecular complexity index is 560. The smallest absolute Gasteiger partial charge is 0.272 e. The Balaban J connectivity index is 1.76. The predicted molar refractivity (Wildman–Crippen MR) is 90.8 cm³/mol. The Kier molecular flexibility index (Phi) is 4.80. The summed E-state index contributed by atoms with van der Waals surface area (Å²) in [7, 11) is 2.09. The van der Waals surface area contributed by atoms with E-state index in [2.05, 4.69) is 33.7 Å². The lowest BCUT2D eigenvalue weighted by Gasteiger charge is -2.33. The number of carbonyl (C=O) groups is 1. The van der Waals surface area contributed by atoms with Crippen molar-refractivity contribution >= 4 is 11.7 Å². The molecule has 0 spiro atoms. The zero-order chi connectivity index (χ0) is 16.4. The van der Waals surface area contributed by atoms with Crippen LogP contribution in [0.4, 0.5) is 5.82 Å². The van der Waals surface area contributed by atoms with E-state index in [9.17, 15) is 4.79 Å². The summed E-state index contributed by atoms with van der Waals surface area (Å²) in [4.78, 5) is 28.1. The fraction of sp³-hybridized carbons (Fsp3) is 0.706. The lowest BCUT2D eigenvalue weighted by atomic mass is 9.99. The molecule has 0 N–H and O–H groups in total. The van der Waals surface area contributed by atoms with Gasteiger partial charge in [0.05, 0.1) is 0 Å². The fourth-order valence-corrected chi connectivity index (χ4v) is 3.23. The number of anilines is 1. The number of hydrogen-bond donors (Lipinski definition) is 0. The van der Waals surface area contributed by atoms with Gasteiger partial charge in [0.2, 0.25) is 0 Å². The number of piperidine rings is 1. The number of aryl methyl sites for hydroxylation is 1. The first kappa shape index (κ1) is 16.2. The summed E-state index contributed by atoms with van der Waals surface area (Å²) in [5.74, 6) is 2.40. The third-order valence-electron chi connectivity index (χ3n) is 4.94. The number of carbonyl (C=O) groups excluding carboxylic acids is 1. The molecule has 1 aromatic heterocycles. The van der Waals surface area contributed by atoms with E-state index in [1.807, 2.05) is 17.9 Å². The van der Waals surface area contributed by atoms with Gasteiger partial charge in [-0.1, -0.05) is 6.92 Å². The number of nitrogens with zero attached hydrogens (tertiary/aromatic N) is 5. The van der Waals surface area contributed by atoms with Gasteiger partial charge in [-0.15, -0.1) is 0 Å². The predicted octanol–water partition coefficient (Wildman–Crippen LogP) is 1.41. The van der Waals surface area contributed by atoms with Gasteiger partial charge < -0.3 is 14.7 Å². The van der Waals surface area contributed by atoms with Crippen LogP contribution in [0.2, 0.25) is 0 Å². The lowest BCUT2D eigenvalue weighted by molar-refractivity contribution is 0.0658. The van der Waals surface area contributed by atoms with Gasteiger partial charge in [-0.05, 0) is 32.7 Å². The Morgan fingerprint density at radius 1 is 1.09 bits per heavy atom. The molecule has 2 saturated heterocycles. The summed E-state index contributed by atoms with van der Waals surface area (Å²) in [5.41, 5.74) is 0.538. The third kappa shape index (κ3) is 3.80. The number of hydrogen-bond acceptors (Lipinski definition) is 5. The number of aromatic nitrogens is 2.